The molecule has 0 spiro atoms. The molecule has 1 amide bonds. The van der Waals surface area contributed by atoms with E-state index in [2.05, 4.69) is 15.6 Å². The number of aromatic nitrogens is 1. The zero-order valence-corrected chi connectivity index (χ0v) is 9.16. The van der Waals surface area contributed by atoms with Crippen molar-refractivity contribution in [3.05, 3.63) is 17.8 Å². The van der Waals surface area contributed by atoms with E-state index >= 15 is 0 Å². The Labute approximate surface area is 89.1 Å². The summed E-state index contributed by atoms with van der Waals surface area (Å²) in [7, 11) is 1.59. The van der Waals surface area contributed by atoms with Gasteiger partial charge in [0.15, 0.2) is 0 Å². The van der Waals surface area contributed by atoms with Crippen LogP contribution < -0.4 is 16.4 Å². The molecular weight excluding hydrogens is 192 g/mol. The van der Waals surface area contributed by atoms with Crippen molar-refractivity contribution in [2.24, 2.45) is 0 Å². The lowest BCUT2D eigenvalue weighted by Gasteiger charge is -2.13. The normalized spacial score (nSPS) is 11.9. The molecule has 0 saturated heterocycles. The number of aryl methyl sites for hydroxylation is 1. The molecule has 15 heavy (non-hydrogen) atoms. The van der Waals surface area contributed by atoms with Gasteiger partial charge in [-0.3, -0.25) is 4.79 Å². The number of rotatable bonds is 3. The molecule has 82 valence electrons. The van der Waals surface area contributed by atoms with E-state index in [1.54, 1.807) is 26.2 Å². The molecule has 1 unspecified atom stereocenters. The number of nitrogen functional groups attached to an aromatic ring is 1. The standard InChI is InChI=1S/C10H16N4O/c1-6-5-13-9(4-8(6)11)14-7(2)10(15)12-3/h4-5,7H,1-3H3,(H,12,15)(H3,11,13,14). The van der Waals surface area contributed by atoms with E-state index in [0.717, 1.165) is 5.56 Å². The maximum absolute atomic E-state index is 11.2. The Kier molecular flexibility index (Phi) is 3.49. The fraction of sp³-hybridized carbons (Fsp3) is 0.400. The minimum absolute atomic E-state index is 0.0871. The average molecular weight is 208 g/mol. The van der Waals surface area contributed by atoms with Crippen molar-refractivity contribution in [2.45, 2.75) is 19.9 Å². The third-order valence-electron chi connectivity index (χ3n) is 2.15. The highest BCUT2D eigenvalue weighted by Gasteiger charge is 2.10. The van der Waals surface area contributed by atoms with E-state index in [1.165, 1.54) is 0 Å². The van der Waals surface area contributed by atoms with Gasteiger partial charge in [-0.25, -0.2) is 4.98 Å². The molecule has 4 N–H and O–H groups in total. The Hall–Kier alpha value is -1.78. The molecule has 0 aliphatic rings. The van der Waals surface area contributed by atoms with Gasteiger partial charge in [0.05, 0.1) is 0 Å². The summed E-state index contributed by atoms with van der Waals surface area (Å²) in [6, 6.07) is 1.39. The number of hydrogen-bond acceptors (Lipinski definition) is 4. The number of carbonyl (C=O) groups excluding carboxylic acids is 1. The number of amides is 1. The van der Waals surface area contributed by atoms with Crippen LogP contribution in [0.1, 0.15) is 12.5 Å². The highest BCUT2D eigenvalue weighted by molar-refractivity contribution is 5.83. The molecule has 1 aromatic rings. The van der Waals surface area contributed by atoms with Gasteiger partial charge in [-0.2, -0.15) is 0 Å². The molecular formula is C10H16N4O. The predicted octanol–water partition coefficient (Wildman–Crippen LogP) is 0.519. The van der Waals surface area contributed by atoms with E-state index in [0.29, 0.717) is 11.5 Å². The van der Waals surface area contributed by atoms with Crippen molar-refractivity contribution < 1.29 is 4.79 Å². The van der Waals surface area contributed by atoms with Crippen molar-refractivity contribution in [1.29, 1.82) is 0 Å². The smallest absolute Gasteiger partial charge is 0.241 e. The molecule has 1 atom stereocenters. The molecule has 5 heteroatoms. The second kappa shape index (κ2) is 4.63. The van der Waals surface area contributed by atoms with E-state index < -0.39 is 0 Å². The minimum atomic E-state index is -0.329. The van der Waals surface area contributed by atoms with Gasteiger partial charge in [-0.1, -0.05) is 0 Å². The summed E-state index contributed by atoms with van der Waals surface area (Å²) >= 11 is 0. The van der Waals surface area contributed by atoms with E-state index in [1.807, 2.05) is 6.92 Å². The van der Waals surface area contributed by atoms with Crippen LogP contribution in [-0.4, -0.2) is 24.0 Å². The molecule has 0 aliphatic heterocycles. The van der Waals surface area contributed by atoms with Crippen molar-refractivity contribution >= 4 is 17.4 Å². The zero-order valence-electron chi connectivity index (χ0n) is 9.16. The fourth-order valence-electron chi connectivity index (χ4n) is 1.12. The van der Waals surface area contributed by atoms with E-state index in [9.17, 15) is 4.79 Å². The van der Waals surface area contributed by atoms with Crippen LogP contribution in [0.4, 0.5) is 11.5 Å². The van der Waals surface area contributed by atoms with Gasteiger partial charge < -0.3 is 16.4 Å². The molecule has 1 aromatic heterocycles. The van der Waals surface area contributed by atoms with Crippen LogP contribution in [0.5, 0.6) is 0 Å². The third kappa shape index (κ3) is 2.83. The first kappa shape index (κ1) is 11.3. The van der Waals surface area contributed by atoms with Crippen molar-refractivity contribution in [3.8, 4) is 0 Å². The first-order valence-corrected chi connectivity index (χ1v) is 4.75. The monoisotopic (exact) mass is 208 g/mol. The SMILES string of the molecule is CNC(=O)C(C)Nc1cc(N)c(C)cn1. The van der Waals surface area contributed by atoms with Gasteiger partial charge in [0, 0.05) is 25.0 Å². The van der Waals surface area contributed by atoms with Crippen molar-refractivity contribution in [1.82, 2.24) is 10.3 Å². The van der Waals surface area contributed by atoms with Gasteiger partial charge in [0.2, 0.25) is 5.91 Å². The predicted molar refractivity (Wildman–Crippen MR) is 60.5 cm³/mol. The highest BCUT2D eigenvalue weighted by Crippen LogP contribution is 2.14. The van der Waals surface area contributed by atoms with Gasteiger partial charge in [-0.15, -0.1) is 0 Å². The van der Waals surface area contributed by atoms with Crippen LogP contribution in [0.15, 0.2) is 12.3 Å². The number of likely N-dealkylation sites (N-methyl/N-ethyl adjacent to an activating group) is 1. The quantitative estimate of drug-likeness (QED) is 0.676. The van der Waals surface area contributed by atoms with E-state index in [-0.39, 0.29) is 11.9 Å². The number of hydrogen-bond donors (Lipinski definition) is 3. The summed E-state index contributed by atoms with van der Waals surface area (Å²) in [5.74, 6) is 0.519. The summed E-state index contributed by atoms with van der Waals surface area (Å²) in [6.45, 7) is 3.64. The summed E-state index contributed by atoms with van der Waals surface area (Å²) in [5, 5.41) is 5.51. The van der Waals surface area contributed by atoms with Crippen LogP contribution in [0.2, 0.25) is 0 Å². The van der Waals surface area contributed by atoms with Crippen molar-refractivity contribution in [2.75, 3.05) is 18.1 Å². The Balaban J connectivity index is 2.73. The molecule has 0 aliphatic carbocycles. The third-order valence-corrected chi connectivity index (χ3v) is 2.15. The molecule has 0 aromatic carbocycles. The summed E-state index contributed by atoms with van der Waals surface area (Å²) in [4.78, 5) is 15.4. The van der Waals surface area contributed by atoms with Gasteiger partial charge in [-0.05, 0) is 19.4 Å². The Morgan fingerprint density at radius 1 is 1.60 bits per heavy atom. The number of anilines is 2. The number of nitrogens with zero attached hydrogens (tertiary/aromatic N) is 1. The number of carbonyl (C=O) groups is 1. The maximum atomic E-state index is 11.2. The summed E-state index contributed by atoms with van der Waals surface area (Å²) < 4.78 is 0. The molecule has 0 radical (unpaired) electrons. The van der Waals surface area contributed by atoms with Crippen LogP contribution in [-0.2, 0) is 4.79 Å². The Morgan fingerprint density at radius 2 is 2.27 bits per heavy atom. The molecule has 1 heterocycles. The summed E-state index contributed by atoms with van der Waals surface area (Å²) in [5.41, 5.74) is 7.31. The first-order valence-electron chi connectivity index (χ1n) is 4.75. The van der Waals surface area contributed by atoms with Crippen molar-refractivity contribution in [3.63, 3.8) is 0 Å². The number of nitrogens with two attached hydrogens (primary N) is 1. The Morgan fingerprint density at radius 3 is 2.80 bits per heavy atom. The van der Waals surface area contributed by atoms with Crippen LogP contribution in [0, 0.1) is 6.92 Å². The molecule has 0 bridgehead atoms. The van der Waals surface area contributed by atoms with Gasteiger partial charge >= 0.3 is 0 Å². The molecule has 1 rings (SSSR count). The topological polar surface area (TPSA) is 80.0 Å². The van der Waals surface area contributed by atoms with Crippen LogP contribution in [0.3, 0.4) is 0 Å². The van der Waals surface area contributed by atoms with Crippen LogP contribution >= 0.6 is 0 Å². The highest BCUT2D eigenvalue weighted by atomic mass is 16.2. The van der Waals surface area contributed by atoms with Gasteiger partial charge in [0.25, 0.3) is 0 Å². The molecule has 0 saturated carbocycles. The lowest BCUT2D eigenvalue weighted by Crippen LogP contribution is -2.35. The Bertz CT molecular complexity index is 364. The second-order valence-corrected chi connectivity index (χ2v) is 3.41. The summed E-state index contributed by atoms with van der Waals surface area (Å²) in [6.07, 6.45) is 1.67. The number of pyridine rings is 1. The largest absolute Gasteiger partial charge is 0.398 e. The number of nitrogens with one attached hydrogen (secondary N) is 2. The average Bonchev–Trinajstić information content (AvgIpc) is 2.22. The lowest BCUT2D eigenvalue weighted by molar-refractivity contribution is -0.121. The zero-order chi connectivity index (χ0) is 11.4. The first-order chi connectivity index (χ1) is 7.04. The van der Waals surface area contributed by atoms with Gasteiger partial charge in [0.1, 0.15) is 11.9 Å². The van der Waals surface area contributed by atoms with Crippen LogP contribution in [0.25, 0.3) is 0 Å². The maximum Gasteiger partial charge on any atom is 0.241 e. The lowest BCUT2D eigenvalue weighted by atomic mass is 10.2. The second-order valence-electron chi connectivity index (χ2n) is 3.41. The van der Waals surface area contributed by atoms with E-state index in [4.69, 9.17) is 5.73 Å². The molecule has 5 nitrogen and oxygen atoms in total. The fourth-order valence-corrected chi connectivity index (χ4v) is 1.12. The minimum Gasteiger partial charge on any atom is -0.398 e. The molecule has 0 fully saturated rings.